The molecule has 0 spiro atoms. The van der Waals surface area contributed by atoms with E-state index in [9.17, 15) is 9.59 Å². The van der Waals surface area contributed by atoms with Crippen LogP contribution < -0.4 is 5.32 Å². The summed E-state index contributed by atoms with van der Waals surface area (Å²) in [6.07, 6.45) is 3.41. The zero-order valence-corrected chi connectivity index (χ0v) is 10.7. The number of likely N-dealkylation sites (N-methyl/N-ethyl adjacent to an activating group) is 1. The van der Waals surface area contributed by atoms with Crippen molar-refractivity contribution in [1.29, 1.82) is 0 Å². The molecule has 1 rings (SSSR count). The number of nitrogens with zero attached hydrogens (tertiary/aromatic N) is 1. The molecule has 0 aliphatic carbocycles. The number of carboxylic acids is 1. The van der Waals surface area contributed by atoms with Gasteiger partial charge in [0.05, 0.1) is 5.41 Å². The standard InChI is InChI=1S/C12H22N2O3/c1-3-4-12(5-7-13-8-6-12)11(17)14(2)9-10(15)16/h13H,3-9H2,1-2H3,(H,15,16). The van der Waals surface area contributed by atoms with Crippen molar-refractivity contribution in [2.45, 2.75) is 32.6 Å². The topological polar surface area (TPSA) is 69.6 Å². The summed E-state index contributed by atoms with van der Waals surface area (Å²) in [7, 11) is 1.58. The van der Waals surface area contributed by atoms with Gasteiger partial charge in [0.25, 0.3) is 0 Å². The minimum absolute atomic E-state index is 0.0109. The summed E-state index contributed by atoms with van der Waals surface area (Å²) in [6.45, 7) is 3.53. The van der Waals surface area contributed by atoms with Crippen molar-refractivity contribution < 1.29 is 14.7 Å². The van der Waals surface area contributed by atoms with E-state index in [1.807, 2.05) is 0 Å². The average Bonchev–Trinajstić information content (AvgIpc) is 2.28. The first-order valence-corrected chi connectivity index (χ1v) is 6.20. The predicted octanol–water partition coefficient (Wildman–Crippen LogP) is 0.699. The lowest BCUT2D eigenvalue weighted by Crippen LogP contribution is -2.49. The van der Waals surface area contributed by atoms with Crippen LogP contribution in [-0.4, -0.2) is 48.6 Å². The zero-order valence-electron chi connectivity index (χ0n) is 10.7. The molecule has 0 aromatic heterocycles. The van der Waals surface area contributed by atoms with E-state index in [4.69, 9.17) is 5.11 Å². The number of nitrogens with one attached hydrogen (secondary N) is 1. The fourth-order valence-electron chi connectivity index (χ4n) is 2.63. The molecule has 1 amide bonds. The molecule has 98 valence electrons. The number of rotatable bonds is 5. The number of hydrogen-bond acceptors (Lipinski definition) is 3. The number of piperidine rings is 1. The Bertz CT molecular complexity index is 280. The molecule has 0 unspecified atom stereocenters. The SMILES string of the molecule is CCCC1(C(=O)N(C)CC(=O)O)CCNCC1. The van der Waals surface area contributed by atoms with Gasteiger partial charge in [-0.05, 0) is 32.4 Å². The van der Waals surface area contributed by atoms with Gasteiger partial charge >= 0.3 is 5.97 Å². The van der Waals surface area contributed by atoms with Crippen molar-refractivity contribution in [2.24, 2.45) is 5.41 Å². The van der Waals surface area contributed by atoms with E-state index < -0.39 is 5.97 Å². The number of carbonyl (C=O) groups excluding carboxylic acids is 1. The summed E-state index contributed by atoms with van der Waals surface area (Å²) in [6, 6.07) is 0. The van der Waals surface area contributed by atoms with Crippen molar-refractivity contribution in [3.8, 4) is 0 Å². The Morgan fingerprint density at radius 2 is 1.94 bits per heavy atom. The minimum atomic E-state index is -0.957. The highest BCUT2D eigenvalue weighted by atomic mass is 16.4. The van der Waals surface area contributed by atoms with Gasteiger partial charge in [0, 0.05) is 7.05 Å². The van der Waals surface area contributed by atoms with Crippen LogP contribution in [0.2, 0.25) is 0 Å². The zero-order chi connectivity index (χ0) is 12.9. The third kappa shape index (κ3) is 3.43. The lowest BCUT2D eigenvalue weighted by atomic mass is 9.74. The van der Waals surface area contributed by atoms with Crippen LogP contribution in [0.1, 0.15) is 32.6 Å². The van der Waals surface area contributed by atoms with Crippen molar-refractivity contribution in [3.63, 3.8) is 0 Å². The van der Waals surface area contributed by atoms with Gasteiger partial charge < -0.3 is 15.3 Å². The first kappa shape index (κ1) is 14.0. The Kier molecular flexibility index (Phi) is 4.93. The summed E-state index contributed by atoms with van der Waals surface area (Å²) < 4.78 is 0. The first-order chi connectivity index (χ1) is 8.02. The second-order valence-electron chi connectivity index (χ2n) is 4.84. The van der Waals surface area contributed by atoms with Crippen LogP contribution in [0.3, 0.4) is 0 Å². The largest absolute Gasteiger partial charge is 0.480 e. The molecular formula is C12H22N2O3. The molecule has 5 nitrogen and oxygen atoms in total. The minimum Gasteiger partial charge on any atom is -0.480 e. The lowest BCUT2D eigenvalue weighted by molar-refractivity contribution is -0.150. The van der Waals surface area contributed by atoms with Crippen molar-refractivity contribution >= 4 is 11.9 Å². The van der Waals surface area contributed by atoms with E-state index in [1.54, 1.807) is 7.05 Å². The Balaban J connectivity index is 2.75. The number of carbonyl (C=O) groups is 2. The van der Waals surface area contributed by atoms with E-state index in [1.165, 1.54) is 4.90 Å². The molecule has 0 aromatic rings. The van der Waals surface area contributed by atoms with Crippen LogP contribution >= 0.6 is 0 Å². The normalized spacial score (nSPS) is 18.7. The summed E-state index contributed by atoms with van der Waals surface area (Å²) in [5.41, 5.74) is -0.343. The van der Waals surface area contributed by atoms with Crippen LogP contribution in [0.5, 0.6) is 0 Å². The van der Waals surface area contributed by atoms with E-state index in [2.05, 4.69) is 12.2 Å². The molecule has 17 heavy (non-hydrogen) atoms. The maximum Gasteiger partial charge on any atom is 0.323 e. The summed E-state index contributed by atoms with van der Waals surface area (Å²) in [4.78, 5) is 24.4. The van der Waals surface area contributed by atoms with Gasteiger partial charge in [0.2, 0.25) is 5.91 Å². The van der Waals surface area contributed by atoms with Crippen molar-refractivity contribution in [2.75, 3.05) is 26.7 Å². The molecule has 2 N–H and O–H groups in total. The fourth-order valence-corrected chi connectivity index (χ4v) is 2.63. The van der Waals surface area contributed by atoms with E-state index in [0.29, 0.717) is 0 Å². The number of amides is 1. The average molecular weight is 242 g/mol. The molecule has 1 fully saturated rings. The second-order valence-corrected chi connectivity index (χ2v) is 4.84. The maximum atomic E-state index is 12.4. The van der Waals surface area contributed by atoms with Crippen LogP contribution in [0, 0.1) is 5.41 Å². The second kappa shape index (κ2) is 6.00. The molecule has 0 saturated carbocycles. The van der Waals surface area contributed by atoms with E-state index in [0.717, 1.165) is 38.8 Å². The number of carboxylic acid groups (broad SMARTS) is 1. The Morgan fingerprint density at radius 3 is 2.41 bits per heavy atom. The van der Waals surface area contributed by atoms with Crippen LogP contribution in [0.15, 0.2) is 0 Å². The third-order valence-electron chi connectivity index (χ3n) is 3.46. The molecule has 0 bridgehead atoms. The highest BCUT2D eigenvalue weighted by Crippen LogP contribution is 2.35. The van der Waals surface area contributed by atoms with Gasteiger partial charge in [0.1, 0.15) is 6.54 Å². The van der Waals surface area contributed by atoms with Gasteiger partial charge in [-0.25, -0.2) is 0 Å². The van der Waals surface area contributed by atoms with Gasteiger partial charge in [0.15, 0.2) is 0 Å². The highest BCUT2D eigenvalue weighted by Gasteiger charge is 2.40. The smallest absolute Gasteiger partial charge is 0.323 e. The molecule has 0 aromatic carbocycles. The van der Waals surface area contributed by atoms with Crippen LogP contribution in [-0.2, 0) is 9.59 Å². The summed E-state index contributed by atoms with van der Waals surface area (Å²) in [5.74, 6) is -0.968. The molecular weight excluding hydrogens is 220 g/mol. The number of aliphatic carboxylic acids is 1. The molecule has 0 atom stereocenters. The van der Waals surface area contributed by atoms with E-state index in [-0.39, 0.29) is 17.9 Å². The van der Waals surface area contributed by atoms with Crippen molar-refractivity contribution in [3.05, 3.63) is 0 Å². The molecule has 5 heteroatoms. The van der Waals surface area contributed by atoms with Gasteiger partial charge in [-0.2, -0.15) is 0 Å². The van der Waals surface area contributed by atoms with Gasteiger partial charge in [-0.3, -0.25) is 9.59 Å². The summed E-state index contributed by atoms with van der Waals surface area (Å²) >= 11 is 0. The first-order valence-electron chi connectivity index (χ1n) is 6.20. The molecule has 1 aliphatic rings. The number of hydrogen-bond donors (Lipinski definition) is 2. The molecule has 0 radical (unpaired) electrons. The molecule has 1 aliphatic heterocycles. The Hall–Kier alpha value is -1.10. The maximum absolute atomic E-state index is 12.4. The summed E-state index contributed by atoms with van der Waals surface area (Å²) in [5, 5.41) is 12.0. The van der Waals surface area contributed by atoms with Crippen molar-refractivity contribution in [1.82, 2.24) is 10.2 Å². The quantitative estimate of drug-likeness (QED) is 0.744. The predicted molar refractivity (Wildman–Crippen MR) is 64.7 cm³/mol. The fraction of sp³-hybridized carbons (Fsp3) is 0.833. The molecule has 1 saturated heterocycles. The van der Waals surface area contributed by atoms with E-state index >= 15 is 0 Å². The van der Waals surface area contributed by atoms with Gasteiger partial charge in [-0.1, -0.05) is 13.3 Å². The van der Waals surface area contributed by atoms with Crippen LogP contribution in [0.4, 0.5) is 0 Å². The third-order valence-corrected chi connectivity index (χ3v) is 3.46. The molecule has 1 heterocycles. The van der Waals surface area contributed by atoms with Crippen LogP contribution in [0.25, 0.3) is 0 Å². The highest BCUT2D eigenvalue weighted by molar-refractivity contribution is 5.85. The monoisotopic (exact) mass is 242 g/mol. The Morgan fingerprint density at radius 1 is 1.35 bits per heavy atom. The van der Waals surface area contributed by atoms with Gasteiger partial charge in [-0.15, -0.1) is 0 Å². The Labute approximate surface area is 102 Å². The lowest BCUT2D eigenvalue weighted by Gasteiger charge is -2.38.